The summed E-state index contributed by atoms with van der Waals surface area (Å²) in [4.78, 5) is 11.7. The minimum Gasteiger partial charge on any atom is -0.293 e. The molecule has 0 aliphatic rings. The molecular weight excluding hydrogens is 378 g/mol. The zero-order chi connectivity index (χ0) is 10.7. The Balaban J connectivity index is 3.17. The van der Waals surface area contributed by atoms with Crippen LogP contribution in [-0.2, 0) is 5.33 Å². The number of Topliss-reactive ketones (excluding diaryl/α,β-unsaturated/α-hetero) is 1. The van der Waals surface area contributed by atoms with E-state index in [1.54, 1.807) is 6.92 Å². The SMILES string of the molecule is CC(Cl)C(=O)c1cc(I)ccc1CBr. The molecule has 14 heavy (non-hydrogen) atoms. The molecule has 0 saturated heterocycles. The van der Waals surface area contributed by atoms with Crippen LogP contribution in [0.3, 0.4) is 0 Å². The van der Waals surface area contributed by atoms with Crippen LogP contribution in [0.15, 0.2) is 18.2 Å². The molecule has 0 saturated carbocycles. The van der Waals surface area contributed by atoms with E-state index in [9.17, 15) is 4.79 Å². The van der Waals surface area contributed by atoms with E-state index < -0.39 is 5.38 Å². The smallest absolute Gasteiger partial charge is 0.180 e. The second-order valence-corrected chi connectivity index (χ2v) is 5.38. The van der Waals surface area contributed by atoms with E-state index in [1.165, 1.54) is 0 Å². The molecule has 0 heterocycles. The third-order valence-corrected chi connectivity index (χ3v) is 3.32. The minimum atomic E-state index is -0.467. The Morgan fingerprint density at radius 2 is 2.29 bits per heavy atom. The number of hydrogen-bond donors (Lipinski definition) is 0. The van der Waals surface area contributed by atoms with Gasteiger partial charge in [-0.1, -0.05) is 22.0 Å². The van der Waals surface area contributed by atoms with Crippen molar-refractivity contribution in [2.75, 3.05) is 0 Å². The first kappa shape index (κ1) is 12.5. The molecular formula is C10H9BrClIO. The van der Waals surface area contributed by atoms with Crippen LogP contribution in [0.5, 0.6) is 0 Å². The van der Waals surface area contributed by atoms with Crippen molar-refractivity contribution >= 4 is 55.9 Å². The van der Waals surface area contributed by atoms with Gasteiger partial charge in [-0.3, -0.25) is 4.79 Å². The quantitative estimate of drug-likeness (QED) is 0.435. The average molecular weight is 387 g/mol. The van der Waals surface area contributed by atoms with Gasteiger partial charge >= 0.3 is 0 Å². The first-order valence-electron chi connectivity index (χ1n) is 4.09. The van der Waals surface area contributed by atoms with Crippen molar-refractivity contribution in [2.45, 2.75) is 17.6 Å². The number of carbonyl (C=O) groups is 1. The zero-order valence-electron chi connectivity index (χ0n) is 7.56. The molecule has 76 valence electrons. The second kappa shape index (κ2) is 5.47. The number of halogens is 3. The largest absolute Gasteiger partial charge is 0.293 e. The molecule has 0 aliphatic carbocycles. The van der Waals surface area contributed by atoms with Crippen LogP contribution in [-0.4, -0.2) is 11.2 Å². The maximum atomic E-state index is 11.7. The van der Waals surface area contributed by atoms with Crippen LogP contribution in [0.2, 0.25) is 0 Å². The first-order valence-corrected chi connectivity index (χ1v) is 6.72. The number of benzene rings is 1. The summed E-state index contributed by atoms with van der Waals surface area (Å²) in [7, 11) is 0. The standard InChI is InChI=1S/C10H9BrClIO/c1-6(12)10(14)9-4-8(13)3-2-7(9)5-11/h2-4,6H,5H2,1H3. The van der Waals surface area contributed by atoms with Gasteiger partial charge in [0.05, 0.1) is 5.38 Å². The highest BCUT2D eigenvalue weighted by Crippen LogP contribution is 2.19. The summed E-state index contributed by atoms with van der Waals surface area (Å²) in [6.07, 6.45) is 0. The van der Waals surface area contributed by atoms with Crippen LogP contribution >= 0.6 is 50.1 Å². The van der Waals surface area contributed by atoms with Gasteiger partial charge < -0.3 is 0 Å². The normalized spacial score (nSPS) is 12.6. The number of carbonyl (C=O) groups excluding carboxylic acids is 1. The lowest BCUT2D eigenvalue weighted by atomic mass is 10.0. The lowest BCUT2D eigenvalue weighted by molar-refractivity contribution is 0.0991. The molecule has 0 spiro atoms. The summed E-state index contributed by atoms with van der Waals surface area (Å²) in [5.41, 5.74) is 1.71. The van der Waals surface area contributed by atoms with Crippen molar-refractivity contribution in [3.63, 3.8) is 0 Å². The average Bonchev–Trinajstić information content (AvgIpc) is 2.16. The highest BCUT2D eigenvalue weighted by Gasteiger charge is 2.15. The highest BCUT2D eigenvalue weighted by atomic mass is 127. The molecule has 0 amide bonds. The Kier molecular flexibility index (Phi) is 4.87. The van der Waals surface area contributed by atoms with Gasteiger partial charge in [-0.15, -0.1) is 11.6 Å². The van der Waals surface area contributed by atoms with E-state index in [0.717, 1.165) is 14.7 Å². The number of rotatable bonds is 3. The maximum Gasteiger partial charge on any atom is 0.180 e. The molecule has 1 aromatic carbocycles. The van der Waals surface area contributed by atoms with Crippen LogP contribution < -0.4 is 0 Å². The molecule has 1 atom stereocenters. The van der Waals surface area contributed by atoms with Crippen molar-refractivity contribution in [3.05, 3.63) is 32.9 Å². The molecule has 0 aromatic heterocycles. The fraction of sp³-hybridized carbons (Fsp3) is 0.300. The van der Waals surface area contributed by atoms with Gasteiger partial charge in [0.1, 0.15) is 0 Å². The Bertz CT molecular complexity index is 352. The fourth-order valence-corrected chi connectivity index (χ4v) is 2.21. The van der Waals surface area contributed by atoms with Gasteiger partial charge in [0.2, 0.25) is 0 Å². The van der Waals surface area contributed by atoms with Crippen molar-refractivity contribution in [1.29, 1.82) is 0 Å². The topological polar surface area (TPSA) is 17.1 Å². The molecule has 0 fully saturated rings. The predicted molar refractivity (Wildman–Crippen MR) is 71.4 cm³/mol. The summed E-state index contributed by atoms with van der Waals surface area (Å²) in [6, 6.07) is 5.80. The highest BCUT2D eigenvalue weighted by molar-refractivity contribution is 14.1. The van der Waals surface area contributed by atoms with Crippen LogP contribution in [0.25, 0.3) is 0 Å². The van der Waals surface area contributed by atoms with E-state index in [0.29, 0.717) is 5.33 Å². The van der Waals surface area contributed by atoms with Gasteiger partial charge in [0.15, 0.2) is 5.78 Å². The lowest BCUT2D eigenvalue weighted by Crippen LogP contribution is -2.12. The van der Waals surface area contributed by atoms with E-state index in [4.69, 9.17) is 11.6 Å². The van der Waals surface area contributed by atoms with E-state index >= 15 is 0 Å². The minimum absolute atomic E-state index is 0.0142. The molecule has 1 unspecified atom stereocenters. The van der Waals surface area contributed by atoms with Gasteiger partial charge in [0.25, 0.3) is 0 Å². The molecule has 1 nitrogen and oxygen atoms in total. The fourth-order valence-electron chi connectivity index (χ4n) is 1.11. The Morgan fingerprint density at radius 1 is 1.64 bits per heavy atom. The molecule has 0 bridgehead atoms. The molecule has 0 aliphatic heterocycles. The predicted octanol–water partition coefficient (Wildman–Crippen LogP) is 4.00. The summed E-state index contributed by atoms with van der Waals surface area (Å²) >= 11 is 11.3. The van der Waals surface area contributed by atoms with E-state index in [2.05, 4.69) is 38.5 Å². The Labute approximate surface area is 110 Å². The molecule has 4 heteroatoms. The third-order valence-electron chi connectivity index (χ3n) is 1.84. The van der Waals surface area contributed by atoms with Crippen molar-refractivity contribution < 1.29 is 4.79 Å². The zero-order valence-corrected chi connectivity index (χ0v) is 12.1. The van der Waals surface area contributed by atoms with E-state index in [-0.39, 0.29) is 5.78 Å². The molecule has 1 aromatic rings. The van der Waals surface area contributed by atoms with Gasteiger partial charge in [0, 0.05) is 14.5 Å². The van der Waals surface area contributed by atoms with Crippen molar-refractivity contribution in [3.8, 4) is 0 Å². The van der Waals surface area contributed by atoms with Crippen molar-refractivity contribution in [1.82, 2.24) is 0 Å². The molecule has 0 N–H and O–H groups in total. The van der Waals surface area contributed by atoms with Gasteiger partial charge in [-0.25, -0.2) is 0 Å². The van der Waals surface area contributed by atoms with Gasteiger partial charge in [-0.2, -0.15) is 0 Å². The Hall–Kier alpha value is 0.390. The lowest BCUT2D eigenvalue weighted by Gasteiger charge is -2.08. The van der Waals surface area contributed by atoms with Crippen LogP contribution in [0.4, 0.5) is 0 Å². The summed E-state index contributed by atoms with van der Waals surface area (Å²) < 4.78 is 1.05. The summed E-state index contributed by atoms with van der Waals surface area (Å²) in [5.74, 6) is -0.0142. The third kappa shape index (κ3) is 2.94. The van der Waals surface area contributed by atoms with Crippen LogP contribution in [0.1, 0.15) is 22.8 Å². The first-order chi connectivity index (χ1) is 6.56. The maximum absolute atomic E-state index is 11.7. The molecule has 1 rings (SSSR count). The second-order valence-electron chi connectivity index (χ2n) is 2.92. The number of ketones is 1. The van der Waals surface area contributed by atoms with Gasteiger partial charge in [-0.05, 0) is 47.2 Å². The van der Waals surface area contributed by atoms with Crippen LogP contribution in [0, 0.1) is 3.57 Å². The number of hydrogen-bond acceptors (Lipinski definition) is 1. The number of alkyl halides is 2. The monoisotopic (exact) mass is 386 g/mol. The molecule has 0 radical (unpaired) electrons. The van der Waals surface area contributed by atoms with E-state index in [1.807, 2.05) is 18.2 Å². The summed E-state index contributed by atoms with van der Waals surface area (Å²) in [5, 5.41) is 0.209. The Morgan fingerprint density at radius 3 is 2.79 bits per heavy atom. The summed E-state index contributed by atoms with van der Waals surface area (Å²) in [6.45, 7) is 1.70. The van der Waals surface area contributed by atoms with Crippen molar-refractivity contribution in [2.24, 2.45) is 0 Å².